The second kappa shape index (κ2) is 3.80. The van der Waals surface area contributed by atoms with Gasteiger partial charge in [0, 0.05) is 35.8 Å². The molecule has 3 rings (SSSR count). The Bertz CT molecular complexity index is 711. The van der Waals surface area contributed by atoms with Crippen molar-refractivity contribution >= 4 is 16.7 Å². The number of benzene rings is 1. The van der Waals surface area contributed by atoms with Crippen molar-refractivity contribution in [2.45, 2.75) is 0 Å². The second-order valence-corrected chi connectivity index (χ2v) is 4.24. The lowest BCUT2D eigenvalue weighted by Crippen LogP contribution is -1.90. The first kappa shape index (κ1) is 10.7. The molecule has 3 N–H and O–H groups in total. The zero-order valence-electron chi connectivity index (χ0n) is 10.3. The van der Waals surface area contributed by atoms with Crippen LogP contribution in [0.25, 0.3) is 22.2 Å². The highest BCUT2D eigenvalue weighted by atomic mass is 16.5. The second-order valence-electron chi connectivity index (χ2n) is 4.24. The molecule has 2 heterocycles. The number of aryl methyl sites for hydroxylation is 1. The molecule has 0 bridgehead atoms. The SMILES string of the molecule is COc1cc2ccn(C)c2cc1-c1cc(N)n[nH]1. The molecule has 0 aliphatic rings. The summed E-state index contributed by atoms with van der Waals surface area (Å²) < 4.78 is 7.50. The van der Waals surface area contributed by atoms with E-state index >= 15 is 0 Å². The summed E-state index contributed by atoms with van der Waals surface area (Å²) in [5, 5.41) is 8.00. The Hall–Kier alpha value is -2.43. The fourth-order valence-electron chi connectivity index (χ4n) is 2.15. The van der Waals surface area contributed by atoms with E-state index < -0.39 is 0 Å². The molecule has 0 aliphatic carbocycles. The van der Waals surface area contributed by atoms with Gasteiger partial charge in [0.1, 0.15) is 11.6 Å². The number of hydrogen-bond donors (Lipinski definition) is 2. The van der Waals surface area contributed by atoms with Gasteiger partial charge in [0.15, 0.2) is 0 Å². The highest BCUT2D eigenvalue weighted by Crippen LogP contribution is 2.33. The summed E-state index contributed by atoms with van der Waals surface area (Å²) in [6.07, 6.45) is 2.02. The van der Waals surface area contributed by atoms with Crippen LogP contribution in [0.15, 0.2) is 30.5 Å². The summed E-state index contributed by atoms with van der Waals surface area (Å²) in [5.41, 5.74) is 8.59. The molecule has 3 aromatic rings. The van der Waals surface area contributed by atoms with Crippen molar-refractivity contribution in [3.8, 4) is 17.0 Å². The molecule has 92 valence electrons. The Labute approximate surface area is 104 Å². The van der Waals surface area contributed by atoms with Gasteiger partial charge >= 0.3 is 0 Å². The number of methoxy groups -OCH3 is 1. The van der Waals surface area contributed by atoms with Gasteiger partial charge < -0.3 is 15.0 Å². The third-order valence-electron chi connectivity index (χ3n) is 3.09. The van der Waals surface area contributed by atoms with E-state index in [1.807, 2.05) is 19.3 Å². The number of hydrogen-bond acceptors (Lipinski definition) is 3. The van der Waals surface area contributed by atoms with Gasteiger partial charge in [0.05, 0.1) is 12.8 Å². The minimum atomic E-state index is 0.471. The van der Waals surface area contributed by atoms with Crippen LogP contribution in [0.1, 0.15) is 0 Å². The van der Waals surface area contributed by atoms with Crippen molar-refractivity contribution < 1.29 is 4.74 Å². The number of nitrogen functional groups attached to an aromatic ring is 1. The topological polar surface area (TPSA) is 68.9 Å². The highest BCUT2D eigenvalue weighted by Gasteiger charge is 2.11. The molecule has 0 aliphatic heterocycles. The molecule has 0 unspecified atom stereocenters. The van der Waals surface area contributed by atoms with Crippen LogP contribution in [-0.2, 0) is 7.05 Å². The fraction of sp³-hybridized carbons (Fsp3) is 0.154. The predicted octanol–water partition coefficient (Wildman–Crippen LogP) is 2.16. The van der Waals surface area contributed by atoms with E-state index in [-0.39, 0.29) is 0 Å². The first-order valence-corrected chi connectivity index (χ1v) is 5.63. The standard InChI is InChI=1S/C13H14N4O/c1-17-4-3-8-5-12(18-2)9(6-11(8)17)10-7-13(14)16-15-10/h3-7H,1-2H3,(H3,14,15,16). The summed E-state index contributed by atoms with van der Waals surface area (Å²) in [7, 11) is 3.67. The Morgan fingerprint density at radius 1 is 1.33 bits per heavy atom. The number of fused-ring (bicyclic) bond motifs is 1. The third-order valence-corrected chi connectivity index (χ3v) is 3.09. The van der Waals surface area contributed by atoms with Gasteiger partial charge in [-0.05, 0) is 18.2 Å². The molecule has 0 saturated carbocycles. The summed E-state index contributed by atoms with van der Waals surface area (Å²) >= 11 is 0. The van der Waals surface area contributed by atoms with Crippen molar-refractivity contribution in [3.63, 3.8) is 0 Å². The zero-order valence-corrected chi connectivity index (χ0v) is 10.3. The maximum atomic E-state index is 5.64. The molecular weight excluding hydrogens is 228 g/mol. The highest BCUT2D eigenvalue weighted by molar-refractivity contribution is 5.88. The molecule has 0 saturated heterocycles. The van der Waals surface area contributed by atoms with Crippen LogP contribution in [0.2, 0.25) is 0 Å². The van der Waals surface area contributed by atoms with Crippen LogP contribution in [0.5, 0.6) is 5.75 Å². The fourth-order valence-corrected chi connectivity index (χ4v) is 2.15. The molecule has 1 aromatic carbocycles. The average molecular weight is 242 g/mol. The average Bonchev–Trinajstić information content (AvgIpc) is 2.95. The molecule has 18 heavy (non-hydrogen) atoms. The first-order valence-electron chi connectivity index (χ1n) is 5.63. The number of anilines is 1. The lowest BCUT2D eigenvalue weighted by atomic mass is 10.1. The number of aromatic amines is 1. The monoisotopic (exact) mass is 242 g/mol. The van der Waals surface area contributed by atoms with E-state index in [4.69, 9.17) is 10.5 Å². The van der Waals surface area contributed by atoms with Crippen molar-refractivity contribution in [2.24, 2.45) is 7.05 Å². The first-order chi connectivity index (χ1) is 8.69. The quantitative estimate of drug-likeness (QED) is 0.723. The number of ether oxygens (including phenoxy) is 1. The molecule has 0 amide bonds. The molecule has 0 radical (unpaired) electrons. The van der Waals surface area contributed by atoms with Gasteiger partial charge in [0.2, 0.25) is 0 Å². The van der Waals surface area contributed by atoms with Gasteiger partial charge in [-0.25, -0.2) is 0 Å². The van der Waals surface area contributed by atoms with Crippen LogP contribution < -0.4 is 10.5 Å². The van der Waals surface area contributed by atoms with Crippen molar-refractivity contribution in [1.82, 2.24) is 14.8 Å². The summed E-state index contributed by atoms with van der Waals surface area (Å²) in [6.45, 7) is 0. The number of nitrogens with two attached hydrogens (primary N) is 1. The molecule has 5 nitrogen and oxygen atoms in total. The molecule has 0 atom stereocenters. The van der Waals surface area contributed by atoms with Crippen molar-refractivity contribution in [1.29, 1.82) is 0 Å². The summed E-state index contributed by atoms with van der Waals surface area (Å²) in [5.74, 6) is 1.27. The summed E-state index contributed by atoms with van der Waals surface area (Å²) in [6, 6.07) is 7.94. The third kappa shape index (κ3) is 1.52. The predicted molar refractivity (Wildman–Crippen MR) is 71.5 cm³/mol. The van der Waals surface area contributed by atoms with Gasteiger partial charge in [-0.15, -0.1) is 0 Å². The van der Waals surface area contributed by atoms with Crippen LogP contribution in [0.3, 0.4) is 0 Å². The largest absolute Gasteiger partial charge is 0.496 e. The Morgan fingerprint density at radius 3 is 2.83 bits per heavy atom. The lowest BCUT2D eigenvalue weighted by Gasteiger charge is -2.08. The number of rotatable bonds is 2. The van der Waals surface area contributed by atoms with E-state index in [2.05, 4.69) is 26.9 Å². The molecule has 0 spiro atoms. The van der Waals surface area contributed by atoms with Crippen molar-refractivity contribution in [2.75, 3.05) is 12.8 Å². The van der Waals surface area contributed by atoms with Gasteiger partial charge in [-0.3, -0.25) is 5.10 Å². The van der Waals surface area contributed by atoms with Gasteiger partial charge in [-0.1, -0.05) is 0 Å². The smallest absolute Gasteiger partial charge is 0.145 e. The Morgan fingerprint density at radius 2 is 2.17 bits per heavy atom. The lowest BCUT2D eigenvalue weighted by molar-refractivity contribution is 0.417. The van der Waals surface area contributed by atoms with E-state index in [1.54, 1.807) is 13.2 Å². The molecule has 5 heteroatoms. The van der Waals surface area contributed by atoms with E-state index in [0.717, 1.165) is 27.9 Å². The number of nitrogens with zero attached hydrogens (tertiary/aromatic N) is 2. The van der Waals surface area contributed by atoms with Gasteiger partial charge in [0.25, 0.3) is 0 Å². The Balaban J connectivity index is 2.28. The number of H-pyrrole nitrogens is 1. The van der Waals surface area contributed by atoms with E-state index in [1.165, 1.54) is 0 Å². The van der Waals surface area contributed by atoms with Crippen molar-refractivity contribution in [3.05, 3.63) is 30.5 Å². The summed E-state index contributed by atoms with van der Waals surface area (Å²) in [4.78, 5) is 0. The van der Waals surface area contributed by atoms with E-state index in [0.29, 0.717) is 5.82 Å². The molecule has 2 aromatic heterocycles. The maximum Gasteiger partial charge on any atom is 0.145 e. The minimum Gasteiger partial charge on any atom is -0.496 e. The van der Waals surface area contributed by atoms with Crippen LogP contribution in [0.4, 0.5) is 5.82 Å². The normalized spacial score (nSPS) is 11.0. The minimum absolute atomic E-state index is 0.471. The molecular formula is C13H14N4O. The van der Waals surface area contributed by atoms with E-state index in [9.17, 15) is 0 Å². The number of nitrogens with one attached hydrogen (secondary N) is 1. The maximum absolute atomic E-state index is 5.64. The molecule has 0 fully saturated rings. The Kier molecular flexibility index (Phi) is 2.26. The van der Waals surface area contributed by atoms with Crippen LogP contribution in [-0.4, -0.2) is 21.9 Å². The number of aromatic nitrogens is 3. The van der Waals surface area contributed by atoms with Crippen LogP contribution >= 0.6 is 0 Å². The van der Waals surface area contributed by atoms with Gasteiger partial charge in [-0.2, -0.15) is 5.10 Å². The van der Waals surface area contributed by atoms with Crippen LogP contribution in [0, 0.1) is 0 Å². The zero-order chi connectivity index (χ0) is 12.7.